The van der Waals surface area contributed by atoms with Gasteiger partial charge in [-0.05, 0) is 43.9 Å². The molecule has 0 amide bonds. The highest BCUT2D eigenvalue weighted by Gasteiger charge is 2.16. The molecule has 0 saturated carbocycles. The first-order valence-electron chi connectivity index (χ1n) is 11.7. The average Bonchev–Trinajstić information content (AvgIpc) is 2.88. The predicted molar refractivity (Wildman–Crippen MR) is 140 cm³/mol. The number of nitrogens with zero attached hydrogens (tertiary/aromatic N) is 3. The van der Waals surface area contributed by atoms with E-state index in [4.69, 9.17) is 5.10 Å². The van der Waals surface area contributed by atoms with E-state index < -0.39 is 0 Å². The molecule has 1 fully saturated rings. The molecule has 1 aliphatic rings. The van der Waals surface area contributed by atoms with Gasteiger partial charge in [0.05, 0.1) is 6.21 Å². The first kappa shape index (κ1) is 20.0. The molecule has 3 heteroatoms. The monoisotopic (exact) mass is 429 g/mol. The molecule has 162 valence electrons. The van der Waals surface area contributed by atoms with Crippen LogP contribution in [-0.4, -0.2) is 42.3 Å². The summed E-state index contributed by atoms with van der Waals surface area (Å²) in [7, 11) is 0. The van der Waals surface area contributed by atoms with Crippen LogP contribution in [0.3, 0.4) is 0 Å². The van der Waals surface area contributed by atoms with Gasteiger partial charge in [0.2, 0.25) is 0 Å². The minimum atomic E-state index is 0.948. The summed E-state index contributed by atoms with van der Waals surface area (Å²) in [6, 6.07) is 34.8. The van der Waals surface area contributed by atoms with Crippen LogP contribution >= 0.6 is 0 Å². The maximum absolute atomic E-state index is 4.93. The van der Waals surface area contributed by atoms with Gasteiger partial charge in [0, 0.05) is 38.3 Å². The van der Waals surface area contributed by atoms with Crippen LogP contribution in [0.2, 0.25) is 0 Å². The molecule has 1 heterocycles. The zero-order valence-electron chi connectivity index (χ0n) is 18.7. The van der Waals surface area contributed by atoms with Crippen molar-refractivity contribution >= 4 is 38.5 Å². The minimum Gasteiger partial charge on any atom is -0.295 e. The molecule has 0 atom stereocenters. The lowest BCUT2D eigenvalue weighted by Gasteiger charge is -2.33. The summed E-state index contributed by atoms with van der Waals surface area (Å²) in [5.74, 6) is 0. The molecule has 1 aliphatic heterocycles. The van der Waals surface area contributed by atoms with Gasteiger partial charge in [-0.1, -0.05) is 91.0 Å². The standard InChI is InChI=1S/C30H27N3/c1-4-13-27-23(8-1)11-7-12-26(27)22-32-16-18-33(19-17-32)31-21-30-28-14-5-2-9-24(28)20-25-10-3-6-15-29(25)30/h1-15,20-21H,16-19,22H2/b31-21+. The molecule has 0 spiro atoms. The van der Waals surface area contributed by atoms with Gasteiger partial charge in [-0.15, -0.1) is 0 Å². The first-order valence-corrected chi connectivity index (χ1v) is 11.7. The lowest BCUT2D eigenvalue weighted by atomic mass is 9.97. The van der Waals surface area contributed by atoms with Crippen molar-refractivity contribution in [3.63, 3.8) is 0 Å². The largest absolute Gasteiger partial charge is 0.295 e. The summed E-state index contributed by atoms with van der Waals surface area (Å²) in [5, 5.41) is 14.9. The number of hydrogen-bond donors (Lipinski definition) is 0. The molecular weight excluding hydrogens is 402 g/mol. The van der Waals surface area contributed by atoms with Gasteiger partial charge in [0.1, 0.15) is 0 Å². The van der Waals surface area contributed by atoms with Crippen LogP contribution in [-0.2, 0) is 6.54 Å². The Kier molecular flexibility index (Phi) is 5.25. The maximum Gasteiger partial charge on any atom is 0.0555 e. The molecule has 33 heavy (non-hydrogen) atoms. The van der Waals surface area contributed by atoms with Crippen molar-refractivity contribution < 1.29 is 0 Å². The Morgan fingerprint density at radius 2 is 1.18 bits per heavy atom. The Balaban J connectivity index is 1.20. The van der Waals surface area contributed by atoms with E-state index in [0.29, 0.717) is 0 Å². The van der Waals surface area contributed by atoms with Crippen molar-refractivity contribution in [1.29, 1.82) is 0 Å². The van der Waals surface area contributed by atoms with Crippen molar-refractivity contribution in [2.24, 2.45) is 5.10 Å². The van der Waals surface area contributed by atoms with Crippen LogP contribution in [0.1, 0.15) is 11.1 Å². The quantitative estimate of drug-likeness (QED) is 0.247. The molecule has 5 aromatic carbocycles. The van der Waals surface area contributed by atoms with Gasteiger partial charge in [0.15, 0.2) is 0 Å². The normalized spacial score (nSPS) is 15.2. The Morgan fingerprint density at radius 3 is 1.88 bits per heavy atom. The summed E-state index contributed by atoms with van der Waals surface area (Å²) < 4.78 is 0. The van der Waals surface area contributed by atoms with E-state index in [2.05, 4.69) is 113 Å². The third-order valence-corrected chi connectivity index (χ3v) is 6.79. The van der Waals surface area contributed by atoms with Crippen LogP contribution in [0, 0.1) is 0 Å². The molecule has 0 unspecified atom stereocenters. The summed E-state index contributed by atoms with van der Waals surface area (Å²) in [6.45, 7) is 4.94. The number of benzene rings is 5. The molecule has 5 aromatic rings. The van der Waals surface area contributed by atoms with Gasteiger partial charge in [0.25, 0.3) is 0 Å². The number of fused-ring (bicyclic) bond motifs is 3. The van der Waals surface area contributed by atoms with Crippen LogP contribution in [0.15, 0.2) is 102 Å². The summed E-state index contributed by atoms with van der Waals surface area (Å²) in [4.78, 5) is 2.54. The van der Waals surface area contributed by atoms with Crippen molar-refractivity contribution in [2.75, 3.05) is 26.2 Å². The van der Waals surface area contributed by atoms with Gasteiger partial charge in [-0.3, -0.25) is 9.91 Å². The molecule has 6 rings (SSSR count). The molecule has 0 aliphatic carbocycles. The highest BCUT2D eigenvalue weighted by Crippen LogP contribution is 2.27. The molecule has 0 N–H and O–H groups in total. The number of hydrogen-bond acceptors (Lipinski definition) is 3. The highest BCUT2D eigenvalue weighted by molar-refractivity contribution is 6.13. The van der Waals surface area contributed by atoms with Crippen LogP contribution in [0.25, 0.3) is 32.3 Å². The van der Waals surface area contributed by atoms with Crippen LogP contribution < -0.4 is 0 Å². The second-order valence-corrected chi connectivity index (χ2v) is 8.85. The fourth-order valence-electron chi connectivity index (χ4n) is 5.01. The zero-order valence-corrected chi connectivity index (χ0v) is 18.7. The maximum atomic E-state index is 4.93. The third-order valence-electron chi connectivity index (χ3n) is 6.79. The van der Waals surface area contributed by atoms with Gasteiger partial charge < -0.3 is 0 Å². The van der Waals surface area contributed by atoms with Crippen LogP contribution in [0.5, 0.6) is 0 Å². The lowest BCUT2D eigenvalue weighted by molar-refractivity contribution is 0.131. The van der Waals surface area contributed by atoms with E-state index in [9.17, 15) is 0 Å². The van der Waals surface area contributed by atoms with Crippen molar-refractivity contribution in [3.05, 3.63) is 108 Å². The minimum absolute atomic E-state index is 0.948. The van der Waals surface area contributed by atoms with Crippen LogP contribution in [0.4, 0.5) is 0 Å². The summed E-state index contributed by atoms with van der Waals surface area (Å²) >= 11 is 0. The molecule has 1 saturated heterocycles. The van der Waals surface area contributed by atoms with Crippen molar-refractivity contribution in [3.8, 4) is 0 Å². The zero-order chi connectivity index (χ0) is 22.0. The molecular formula is C30H27N3. The third kappa shape index (κ3) is 3.96. The molecule has 0 aromatic heterocycles. The Bertz CT molecular complexity index is 1400. The highest BCUT2D eigenvalue weighted by atomic mass is 15.5. The second kappa shape index (κ2) is 8.68. The predicted octanol–water partition coefficient (Wildman–Crippen LogP) is 6.30. The Labute approximate surface area is 194 Å². The van der Waals surface area contributed by atoms with Gasteiger partial charge >= 0.3 is 0 Å². The first-order chi connectivity index (χ1) is 16.3. The molecule has 3 nitrogen and oxygen atoms in total. The number of hydrazone groups is 1. The second-order valence-electron chi connectivity index (χ2n) is 8.85. The molecule has 0 bridgehead atoms. The number of piperazine rings is 1. The fraction of sp³-hybridized carbons (Fsp3) is 0.167. The van der Waals surface area contributed by atoms with Gasteiger partial charge in [-0.25, -0.2) is 0 Å². The Morgan fingerprint density at radius 1 is 0.606 bits per heavy atom. The lowest BCUT2D eigenvalue weighted by Crippen LogP contribution is -2.43. The van der Waals surface area contributed by atoms with Crippen molar-refractivity contribution in [2.45, 2.75) is 6.54 Å². The fourth-order valence-corrected chi connectivity index (χ4v) is 5.01. The Hall–Kier alpha value is -3.69. The molecule has 0 radical (unpaired) electrons. The average molecular weight is 430 g/mol. The van der Waals surface area contributed by atoms with E-state index in [1.807, 2.05) is 0 Å². The van der Waals surface area contributed by atoms with Crippen molar-refractivity contribution in [1.82, 2.24) is 9.91 Å². The van der Waals surface area contributed by atoms with E-state index in [0.717, 1.165) is 32.7 Å². The topological polar surface area (TPSA) is 18.8 Å². The van der Waals surface area contributed by atoms with E-state index in [-0.39, 0.29) is 0 Å². The SMILES string of the molecule is C(=N\N1CCN(Cc2cccc3ccccc23)CC1)/c1c2ccccc2cc2ccccc12. The summed E-state index contributed by atoms with van der Waals surface area (Å²) in [6.07, 6.45) is 2.07. The number of rotatable bonds is 4. The van der Waals surface area contributed by atoms with E-state index >= 15 is 0 Å². The van der Waals surface area contributed by atoms with E-state index in [1.54, 1.807) is 0 Å². The van der Waals surface area contributed by atoms with E-state index in [1.165, 1.54) is 43.4 Å². The smallest absolute Gasteiger partial charge is 0.0555 e. The van der Waals surface area contributed by atoms with Gasteiger partial charge in [-0.2, -0.15) is 5.10 Å². The summed E-state index contributed by atoms with van der Waals surface area (Å²) in [5.41, 5.74) is 2.62.